The molecule has 0 N–H and O–H groups in total. The summed E-state index contributed by atoms with van der Waals surface area (Å²) in [7, 11) is 0. The second-order valence-corrected chi connectivity index (χ2v) is 6.27. The summed E-state index contributed by atoms with van der Waals surface area (Å²) in [5.74, 6) is 1.51. The Labute approximate surface area is 107 Å². The van der Waals surface area contributed by atoms with E-state index in [0.717, 1.165) is 5.92 Å². The standard InChI is InChI=1S/C15H19NS/c1-11(12-7-3-2-4-8-12)15-16-13-9-5-6-10-14(13)17-15/h5-6,9-12H,2-4,7-8H2,1H3. The van der Waals surface area contributed by atoms with Gasteiger partial charge in [0.2, 0.25) is 0 Å². The minimum atomic E-state index is 0.646. The molecule has 0 radical (unpaired) electrons. The van der Waals surface area contributed by atoms with E-state index in [2.05, 4.69) is 31.2 Å². The van der Waals surface area contributed by atoms with Crippen molar-refractivity contribution in [3.8, 4) is 0 Å². The zero-order valence-corrected chi connectivity index (χ0v) is 11.2. The van der Waals surface area contributed by atoms with E-state index in [9.17, 15) is 0 Å². The second kappa shape index (κ2) is 4.77. The van der Waals surface area contributed by atoms with Crippen molar-refractivity contribution < 1.29 is 0 Å². The molecule has 3 rings (SSSR count). The van der Waals surface area contributed by atoms with Crippen LogP contribution in [0.15, 0.2) is 24.3 Å². The van der Waals surface area contributed by atoms with E-state index in [1.165, 1.54) is 47.3 Å². The van der Waals surface area contributed by atoms with E-state index < -0.39 is 0 Å². The smallest absolute Gasteiger partial charge is 0.0969 e. The number of aromatic nitrogens is 1. The Morgan fingerprint density at radius 2 is 1.94 bits per heavy atom. The normalized spacial score (nSPS) is 19.6. The van der Waals surface area contributed by atoms with Crippen molar-refractivity contribution in [2.45, 2.75) is 44.9 Å². The van der Waals surface area contributed by atoms with Gasteiger partial charge < -0.3 is 0 Å². The van der Waals surface area contributed by atoms with Gasteiger partial charge in [-0.15, -0.1) is 11.3 Å². The van der Waals surface area contributed by atoms with Gasteiger partial charge in [-0.25, -0.2) is 4.98 Å². The maximum absolute atomic E-state index is 4.81. The van der Waals surface area contributed by atoms with E-state index in [1.54, 1.807) is 0 Å². The molecule has 2 heteroatoms. The number of fused-ring (bicyclic) bond motifs is 1. The van der Waals surface area contributed by atoms with Crippen molar-refractivity contribution in [1.29, 1.82) is 0 Å². The monoisotopic (exact) mass is 245 g/mol. The average molecular weight is 245 g/mol. The molecule has 0 saturated heterocycles. The van der Waals surface area contributed by atoms with Crippen LogP contribution >= 0.6 is 11.3 Å². The van der Waals surface area contributed by atoms with E-state index in [4.69, 9.17) is 4.98 Å². The molecule has 0 bridgehead atoms. The Hall–Kier alpha value is -0.890. The summed E-state index contributed by atoms with van der Waals surface area (Å²) in [6, 6.07) is 8.50. The van der Waals surface area contributed by atoms with E-state index >= 15 is 0 Å². The first kappa shape index (κ1) is 11.2. The summed E-state index contributed by atoms with van der Waals surface area (Å²) in [6.07, 6.45) is 7.07. The van der Waals surface area contributed by atoms with E-state index in [-0.39, 0.29) is 0 Å². The van der Waals surface area contributed by atoms with Crippen LogP contribution < -0.4 is 0 Å². The lowest BCUT2D eigenvalue weighted by molar-refractivity contribution is 0.316. The highest BCUT2D eigenvalue weighted by Gasteiger charge is 2.23. The molecular weight excluding hydrogens is 226 g/mol. The quantitative estimate of drug-likeness (QED) is 0.727. The molecule has 1 atom stereocenters. The van der Waals surface area contributed by atoms with Gasteiger partial charge in [0.05, 0.1) is 15.2 Å². The van der Waals surface area contributed by atoms with Crippen molar-refractivity contribution >= 4 is 21.6 Å². The minimum absolute atomic E-state index is 0.646. The Balaban J connectivity index is 1.86. The van der Waals surface area contributed by atoms with Gasteiger partial charge in [-0.05, 0) is 30.9 Å². The van der Waals surface area contributed by atoms with Crippen LogP contribution in [0.2, 0.25) is 0 Å². The van der Waals surface area contributed by atoms with Crippen LogP contribution in [0.25, 0.3) is 10.2 Å². The molecule has 1 unspecified atom stereocenters. The molecule has 0 aliphatic heterocycles. The topological polar surface area (TPSA) is 12.9 Å². The van der Waals surface area contributed by atoms with Crippen LogP contribution in [0.1, 0.15) is 50.0 Å². The van der Waals surface area contributed by atoms with Crippen molar-refractivity contribution in [3.05, 3.63) is 29.3 Å². The zero-order valence-electron chi connectivity index (χ0n) is 10.4. The highest BCUT2D eigenvalue weighted by Crippen LogP contribution is 2.38. The van der Waals surface area contributed by atoms with E-state index in [0.29, 0.717) is 5.92 Å². The SMILES string of the molecule is CC(c1nc2ccccc2s1)C1CCCCC1. The Bertz CT molecular complexity index is 463. The van der Waals surface area contributed by atoms with Crippen LogP contribution in [0.5, 0.6) is 0 Å². The van der Waals surface area contributed by atoms with Crippen LogP contribution in [-0.4, -0.2) is 4.98 Å². The summed E-state index contributed by atoms with van der Waals surface area (Å²) in [4.78, 5) is 4.81. The molecule has 1 fully saturated rings. The Morgan fingerprint density at radius 3 is 2.71 bits per heavy atom. The third kappa shape index (κ3) is 2.23. The number of hydrogen-bond donors (Lipinski definition) is 0. The van der Waals surface area contributed by atoms with Crippen molar-refractivity contribution in [1.82, 2.24) is 4.98 Å². The fraction of sp³-hybridized carbons (Fsp3) is 0.533. The van der Waals surface area contributed by atoms with Gasteiger partial charge in [0.15, 0.2) is 0 Å². The summed E-state index contributed by atoms with van der Waals surface area (Å²) in [5.41, 5.74) is 1.18. The Morgan fingerprint density at radius 1 is 1.18 bits per heavy atom. The largest absolute Gasteiger partial charge is 0.241 e. The molecule has 17 heavy (non-hydrogen) atoms. The summed E-state index contributed by atoms with van der Waals surface area (Å²) < 4.78 is 1.34. The van der Waals surface area contributed by atoms with Crippen LogP contribution in [0.4, 0.5) is 0 Å². The highest BCUT2D eigenvalue weighted by molar-refractivity contribution is 7.18. The van der Waals surface area contributed by atoms with Crippen LogP contribution in [0, 0.1) is 5.92 Å². The van der Waals surface area contributed by atoms with Crippen molar-refractivity contribution in [2.75, 3.05) is 0 Å². The summed E-state index contributed by atoms with van der Waals surface area (Å²) in [5, 5.41) is 1.35. The molecule has 1 heterocycles. The maximum Gasteiger partial charge on any atom is 0.0969 e. The first-order valence-electron chi connectivity index (χ1n) is 6.70. The lowest BCUT2D eigenvalue weighted by atomic mass is 9.81. The predicted octanol–water partition coefficient (Wildman–Crippen LogP) is 4.98. The number of hydrogen-bond acceptors (Lipinski definition) is 2. The molecule has 1 nitrogen and oxygen atoms in total. The molecule has 1 aromatic carbocycles. The first-order chi connectivity index (χ1) is 8.34. The van der Waals surface area contributed by atoms with Crippen LogP contribution in [0.3, 0.4) is 0 Å². The highest BCUT2D eigenvalue weighted by atomic mass is 32.1. The fourth-order valence-corrected chi connectivity index (χ4v) is 4.03. The molecule has 0 spiro atoms. The van der Waals surface area contributed by atoms with Gasteiger partial charge >= 0.3 is 0 Å². The third-order valence-corrected chi connectivity index (χ3v) is 5.29. The summed E-state index contributed by atoms with van der Waals surface area (Å²) in [6.45, 7) is 2.37. The molecule has 1 aliphatic rings. The molecule has 1 aliphatic carbocycles. The van der Waals surface area contributed by atoms with Gasteiger partial charge in [0.1, 0.15) is 0 Å². The zero-order chi connectivity index (χ0) is 11.7. The molecule has 90 valence electrons. The second-order valence-electron chi connectivity index (χ2n) is 5.21. The first-order valence-corrected chi connectivity index (χ1v) is 7.52. The average Bonchev–Trinajstić information content (AvgIpc) is 2.82. The van der Waals surface area contributed by atoms with Gasteiger partial charge in [-0.2, -0.15) is 0 Å². The number of thiazole rings is 1. The van der Waals surface area contributed by atoms with Gasteiger partial charge in [0, 0.05) is 5.92 Å². The lowest BCUT2D eigenvalue weighted by Crippen LogP contribution is -2.13. The number of rotatable bonds is 2. The lowest BCUT2D eigenvalue weighted by Gasteiger charge is -2.26. The molecular formula is C15H19NS. The van der Waals surface area contributed by atoms with Gasteiger partial charge in [-0.1, -0.05) is 38.3 Å². The van der Waals surface area contributed by atoms with E-state index in [1.807, 2.05) is 11.3 Å². The fourth-order valence-electron chi connectivity index (χ4n) is 2.92. The van der Waals surface area contributed by atoms with Crippen molar-refractivity contribution in [2.24, 2.45) is 5.92 Å². The van der Waals surface area contributed by atoms with Crippen molar-refractivity contribution in [3.63, 3.8) is 0 Å². The third-order valence-electron chi connectivity index (χ3n) is 4.06. The summed E-state index contributed by atoms with van der Waals surface area (Å²) >= 11 is 1.89. The molecule has 1 saturated carbocycles. The van der Waals surface area contributed by atoms with Crippen LogP contribution in [-0.2, 0) is 0 Å². The minimum Gasteiger partial charge on any atom is -0.241 e. The molecule has 2 aromatic rings. The van der Waals surface area contributed by atoms with Gasteiger partial charge in [0.25, 0.3) is 0 Å². The van der Waals surface area contributed by atoms with Gasteiger partial charge in [-0.3, -0.25) is 0 Å². The molecule has 0 amide bonds. The maximum atomic E-state index is 4.81. The number of benzene rings is 1. The Kier molecular flexibility index (Phi) is 3.15. The predicted molar refractivity (Wildman–Crippen MR) is 74.6 cm³/mol. The number of para-hydroxylation sites is 1. The molecule has 1 aromatic heterocycles. The number of nitrogens with zero attached hydrogens (tertiary/aromatic N) is 1.